The molecule has 20 heavy (non-hydrogen) atoms. The van der Waals surface area contributed by atoms with Crippen molar-refractivity contribution in [3.63, 3.8) is 0 Å². The van der Waals surface area contributed by atoms with Gasteiger partial charge in [0.05, 0.1) is 5.69 Å². The Morgan fingerprint density at radius 2 is 2.00 bits per heavy atom. The highest BCUT2D eigenvalue weighted by Gasteiger charge is 2.21. The van der Waals surface area contributed by atoms with Gasteiger partial charge < -0.3 is 20.3 Å². The van der Waals surface area contributed by atoms with Gasteiger partial charge in [-0.25, -0.2) is 0 Å². The van der Waals surface area contributed by atoms with Crippen molar-refractivity contribution in [2.75, 3.05) is 37.8 Å². The van der Waals surface area contributed by atoms with Gasteiger partial charge in [0, 0.05) is 24.8 Å². The molecule has 0 radical (unpaired) electrons. The highest BCUT2D eigenvalue weighted by atomic mass is 19.3. The predicted molar refractivity (Wildman–Crippen MR) is 76.4 cm³/mol. The van der Waals surface area contributed by atoms with Crippen LogP contribution in [0.1, 0.15) is 12.8 Å². The standard InChI is InChI=1S/C14H21F2N3O/c1-18-7-5-10(6-8-18)19(2)11-3-4-12(17)13(9-11)20-14(15)16/h3-4,9-10,14H,5-8,17H2,1-2H3. The number of nitrogen functional groups attached to an aromatic ring is 1. The van der Waals surface area contributed by atoms with Crippen LogP contribution in [0, 0.1) is 0 Å². The molecule has 112 valence electrons. The summed E-state index contributed by atoms with van der Waals surface area (Å²) in [6.45, 7) is -0.768. The number of halogens is 2. The number of anilines is 2. The normalized spacial score (nSPS) is 17.4. The van der Waals surface area contributed by atoms with Gasteiger partial charge in [-0.3, -0.25) is 0 Å². The topological polar surface area (TPSA) is 41.7 Å². The smallest absolute Gasteiger partial charge is 0.387 e. The molecule has 6 heteroatoms. The summed E-state index contributed by atoms with van der Waals surface area (Å²) in [4.78, 5) is 4.41. The van der Waals surface area contributed by atoms with E-state index in [1.54, 1.807) is 12.1 Å². The molecule has 1 saturated heterocycles. The molecular formula is C14H21F2N3O. The third kappa shape index (κ3) is 3.50. The number of nitrogens with zero attached hydrogens (tertiary/aromatic N) is 2. The summed E-state index contributed by atoms with van der Waals surface area (Å²) in [5.74, 6) is 0.0391. The minimum atomic E-state index is -2.86. The molecule has 1 aliphatic heterocycles. The maximum absolute atomic E-state index is 12.3. The molecule has 1 fully saturated rings. The fourth-order valence-electron chi connectivity index (χ4n) is 2.53. The predicted octanol–water partition coefficient (Wildman–Crippen LogP) is 2.40. The van der Waals surface area contributed by atoms with Gasteiger partial charge in [-0.1, -0.05) is 0 Å². The lowest BCUT2D eigenvalue weighted by molar-refractivity contribution is -0.0493. The number of nitrogens with two attached hydrogens (primary N) is 1. The van der Waals surface area contributed by atoms with Crippen LogP contribution < -0.4 is 15.4 Å². The quantitative estimate of drug-likeness (QED) is 0.863. The summed E-state index contributed by atoms with van der Waals surface area (Å²) in [5, 5.41) is 0. The lowest BCUT2D eigenvalue weighted by Crippen LogP contribution is -2.42. The average molecular weight is 285 g/mol. The van der Waals surface area contributed by atoms with Gasteiger partial charge in [0.1, 0.15) is 0 Å². The number of benzene rings is 1. The Kier molecular flexibility index (Phi) is 4.65. The molecule has 0 unspecified atom stereocenters. The Bertz CT molecular complexity index is 448. The van der Waals surface area contributed by atoms with E-state index in [4.69, 9.17) is 5.73 Å². The van der Waals surface area contributed by atoms with Crippen molar-refractivity contribution in [2.45, 2.75) is 25.5 Å². The van der Waals surface area contributed by atoms with Crippen molar-refractivity contribution in [3.05, 3.63) is 18.2 Å². The Labute approximate surface area is 118 Å². The van der Waals surface area contributed by atoms with Crippen LogP contribution in [0.5, 0.6) is 5.75 Å². The van der Waals surface area contributed by atoms with Crippen molar-refractivity contribution in [2.24, 2.45) is 0 Å². The highest BCUT2D eigenvalue weighted by Crippen LogP contribution is 2.30. The molecule has 0 atom stereocenters. The molecule has 1 aliphatic rings. The summed E-state index contributed by atoms with van der Waals surface area (Å²) >= 11 is 0. The first kappa shape index (κ1) is 14.8. The summed E-state index contributed by atoms with van der Waals surface area (Å²) < 4.78 is 29.1. The van der Waals surface area contributed by atoms with E-state index >= 15 is 0 Å². The van der Waals surface area contributed by atoms with E-state index in [0.29, 0.717) is 6.04 Å². The zero-order valence-electron chi connectivity index (χ0n) is 11.9. The Balaban J connectivity index is 2.11. The fraction of sp³-hybridized carbons (Fsp3) is 0.571. The lowest BCUT2D eigenvalue weighted by Gasteiger charge is -2.36. The lowest BCUT2D eigenvalue weighted by atomic mass is 10.0. The van der Waals surface area contributed by atoms with Crippen molar-refractivity contribution in [3.8, 4) is 5.75 Å². The summed E-state index contributed by atoms with van der Waals surface area (Å²) in [6.07, 6.45) is 2.12. The monoisotopic (exact) mass is 285 g/mol. The van der Waals surface area contributed by atoms with Crippen LogP contribution in [-0.4, -0.2) is 44.7 Å². The van der Waals surface area contributed by atoms with E-state index < -0.39 is 6.61 Å². The Morgan fingerprint density at radius 1 is 1.35 bits per heavy atom. The van der Waals surface area contributed by atoms with Crippen LogP contribution in [0.2, 0.25) is 0 Å². The van der Waals surface area contributed by atoms with Gasteiger partial charge in [0.25, 0.3) is 0 Å². The number of ether oxygens (including phenoxy) is 1. The second-order valence-corrected chi connectivity index (χ2v) is 5.25. The first-order valence-corrected chi connectivity index (χ1v) is 6.73. The van der Waals surface area contributed by atoms with Crippen LogP contribution >= 0.6 is 0 Å². The van der Waals surface area contributed by atoms with Crippen molar-refractivity contribution in [1.29, 1.82) is 0 Å². The van der Waals surface area contributed by atoms with Crippen LogP contribution in [0.4, 0.5) is 20.2 Å². The summed E-state index contributed by atoms with van der Waals surface area (Å²) in [5.41, 5.74) is 6.73. The maximum Gasteiger partial charge on any atom is 0.387 e. The number of alkyl halides is 2. The van der Waals surface area contributed by atoms with Crippen molar-refractivity contribution in [1.82, 2.24) is 4.90 Å². The molecule has 0 saturated carbocycles. The van der Waals surface area contributed by atoms with Crippen LogP contribution in [-0.2, 0) is 0 Å². The fourth-order valence-corrected chi connectivity index (χ4v) is 2.53. The Morgan fingerprint density at radius 3 is 2.60 bits per heavy atom. The molecule has 1 aromatic carbocycles. The first-order chi connectivity index (χ1) is 9.47. The van der Waals surface area contributed by atoms with E-state index in [1.807, 2.05) is 13.1 Å². The molecule has 0 amide bonds. The number of hydrogen-bond donors (Lipinski definition) is 1. The third-order valence-corrected chi connectivity index (χ3v) is 3.86. The van der Waals surface area contributed by atoms with E-state index in [2.05, 4.69) is 21.6 Å². The zero-order valence-corrected chi connectivity index (χ0v) is 11.9. The van der Waals surface area contributed by atoms with E-state index in [-0.39, 0.29) is 11.4 Å². The van der Waals surface area contributed by atoms with E-state index in [0.717, 1.165) is 31.6 Å². The number of piperidine rings is 1. The van der Waals surface area contributed by atoms with E-state index in [9.17, 15) is 8.78 Å². The van der Waals surface area contributed by atoms with Gasteiger partial charge in [0.2, 0.25) is 0 Å². The minimum Gasteiger partial charge on any atom is -0.433 e. The minimum absolute atomic E-state index is 0.0391. The van der Waals surface area contributed by atoms with Gasteiger partial charge in [-0.05, 0) is 45.1 Å². The van der Waals surface area contributed by atoms with Crippen molar-refractivity contribution < 1.29 is 13.5 Å². The van der Waals surface area contributed by atoms with Gasteiger partial charge >= 0.3 is 6.61 Å². The largest absolute Gasteiger partial charge is 0.433 e. The zero-order chi connectivity index (χ0) is 14.7. The van der Waals surface area contributed by atoms with Gasteiger partial charge in [0.15, 0.2) is 5.75 Å². The van der Waals surface area contributed by atoms with Crippen LogP contribution in [0.3, 0.4) is 0 Å². The molecular weight excluding hydrogens is 264 g/mol. The molecule has 1 heterocycles. The van der Waals surface area contributed by atoms with E-state index in [1.165, 1.54) is 0 Å². The second kappa shape index (κ2) is 6.26. The highest BCUT2D eigenvalue weighted by molar-refractivity contribution is 5.62. The second-order valence-electron chi connectivity index (χ2n) is 5.25. The van der Waals surface area contributed by atoms with Crippen molar-refractivity contribution >= 4 is 11.4 Å². The summed E-state index contributed by atoms with van der Waals surface area (Å²) in [6, 6.07) is 5.44. The maximum atomic E-state index is 12.3. The van der Waals surface area contributed by atoms with Crippen LogP contribution in [0.15, 0.2) is 18.2 Å². The third-order valence-electron chi connectivity index (χ3n) is 3.86. The van der Waals surface area contributed by atoms with Gasteiger partial charge in [-0.15, -0.1) is 0 Å². The number of rotatable bonds is 4. The Hall–Kier alpha value is -1.56. The molecule has 4 nitrogen and oxygen atoms in total. The van der Waals surface area contributed by atoms with Crippen LogP contribution in [0.25, 0.3) is 0 Å². The molecule has 2 rings (SSSR count). The van der Waals surface area contributed by atoms with Gasteiger partial charge in [-0.2, -0.15) is 8.78 Å². The molecule has 1 aromatic rings. The molecule has 0 bridgehead atoms. The molecule has 0 spiro atoms. The first-order valence-electron chi connectivity index (χ1n) is 6.73. The number of likely N-dealkylation sites (tertiary alicyclic amines) is 1. The number of hydrogen-bond acceptors (Lipinski definition) is 4. The SMILES string of the molecule is CN1CCC(N(C)c2ccc(N)c(OC(F)F)c2)CC1. The summed E-state index contributed by atoms with van der Waals surface area (Å²) in [7, 11) is 4.09. The molecule has 0 aliphatic carbocycles. The molecule has 2 N–H and O–H groups in total. The molecule has 0 aromatic heterocycles. The average Bonchev–Trinajstić information content (AvgIpc) is 2.41.